The largest absolute Gasteiger partial charge is 0.465 e. The molecule has 212 valence electrons. The average Bonchev–Trinajstić information content (AvgIpc) is 3.20. The number of ether oxygens (including phenoxy) is 2. The molecule has 0 aromatic rings. The third-order valence-corrected chi connectivity index (χ3v) is 8.84. The summed E-state index contributed by atoms with van der Waals surface area (Å²) in [4.78, 5) is 46.0. The summed E-state index contributed by atoms with van der Waals surface area (Å²) in [5, 5.41) is 10.3. The second-order valence-corrected chi connectivity index (χ2v) is 13.2. The van der Waals surface area contributed by atoms with Crippen LogP contribution < -0.4 is 0 Å². The number of esters is 1. The van der Waals surface area contributed by atoms with Gasteiger partial charge in [0.25, 0.3) is 0 Å². The maximum absolute atomic E-state index is 14.7. The number of fused-ring (bicyclic) bond motifs is 2. The lowest BCUT2D eigenvalue weighted by atomic mass is 9.73. The van der Waals surface area contributed by atoms with E-state index in [0.717, 1.165) is 12.8 Å². The number of nitrogens with zero attached hydrogens (tertiary/aromatic N) is 2. The van der Waals surface area contributed by atoms with E-state index < -0.39 is 46.6 Å². The number of allylic oxidation sites excluding steroid dienone is 1. The lowest BCUT2D eigenvalue weighted by Crippen LogP contribution is -2.62. The molecule has 2 fully saturated rings. The van der Waals surface area contributed by atoms with Crippen LogP contribution in [0, 0.1) is 17.3 Å². The topological polar surface area (TPSA) is 96.4 Å². The Morgan fingerprint density at radius 3 is 2.37 bits per heavy atom. The van der Waals surface area contributed by atoms with Crippen molar-refractivity contribution in [2.75, 3.05) is 19.8 Å². The Hall–Kier alpha value is -2.19. The Morgan fingerprint density at radius 2 is 1.76 bits per heavy atom. The first-order valence-corrected chi connectivity index (χ1v) is 14.3. The first-order chi connectivity index (χ1) is 17.8. The standard InChI is InChI=1S/C30H46N2O6/c1-8-20(18-33)32-23-25(35)31(28(6,7)19-27(3,4)5)16-13-15-30(23)21(24(32)34)22-26(36)37-17-12-10-11-14-29(22,9-2)38-30/h11,13-15,20-23,33H,8-10,12,16-19H2,1-7H3/b14-11-/t20-,21-,22+,23?,29-,30-/m0/s1. The summed E-state index contributed by atoms with van der Waals surface area (Å²) in [5.74, 6) is -2.79. The summed E-state index contributed by atoms with van der Waals surface area (Å²) in [6.45, 7) is 14.8. The van der Waals surface area contributed by atoms with E-state index in [1.54, 1.807) is 0 Å². The minimum absolute atomic E-state index is 0.0309. The molecule has 0 radical (unpaired) electrons. The van der Waals surface area contributed by atoms with Crippen LogP contribution in [0.1, 0.15) is 80.6 Å². The summed E-state index contributed by atoms with van der Waals surface area (Å²) >= 11 is 0. The van der Waals surface area contributed by atoms with Gasteiger partial charge in [-0.15, -0.1) is 0 Å². The van der Waals surface area contributed by atoms with Crippen molar-refractivity contribution in [1.29, 1.82) is 0 Å². The van der Waals surface area contributed by atoms with E-state index in [9.17, 15) is 19.5 Å². The molecule has 1 N–H and O–H groups in total. The number of amides is 2. The molecule has 4 aliphatic heterocycles. The maximum atomic E-state index is 14.7. The number of hydrogen-bond donors (Lipinski definition) is 1. The van der Waals surface area contributed by atoms with Gasteiger partial charge < -0.3 is 24.4 Å². The van der Waals surface area contributed by atoms with Gasteiger partial charge in [0, 0.05) is 12.1 Å². The summed E-state index contributed by atoms with van der Waals surface area (Å²) in [6, 6.07) is -1.56. The molecule has 0 aromatic heterocycles. The lowest BCUT2D eigenvalue weighted by Gasteiger charge is -2.45. The third kappa shape index (κ3) is 4.51. The van der Waals surface area contributed by atoms with E-state index in [-0.39, 0.29) is 30.4 Å². The van der Waals surface area contributed by atoms with E-state index in [4.69, 9.17) is 9.47 Å². The van der Waals surface area contributed by atoms with Crippen molar-refractivity contribution in [2.45, 2.75) is 109 Å². The van der Waals surface area contributed by atoms with Crippen LogP contribution in [-0.2, 0) is 23.9 Å². The maximum Gasteiger partial charge on any atom is 0.313 e. The molecule has 0 aromatic carbocycles. The van der Waals surface area contributed by atoms with Crippen molar-refractivity contribution in [1.82, 2.24) is 9.80 Å². The van der Waals surface area contributed by atoms with Crippen LogP contribution in [0.15, 0.2) is 24.3 Å². The molecule has 0 saturated carbocycles. The molecule has 8 nitrogen and oxygen atoms in total. The fourth-order valence-electron chi connectivity index (χ4n) is 7.56. The molecule has 0 aliphatic carbocycles. The Kier molecular flexibility index (Phi) is 7.65. The molecule has 4 heterocycles. The Labute approximate surface area is 227 Å². The SMILES string of the molecule is CC[C@@H](CO)N1C(=O)[C@@H]2[C@@H]3C(=O)OCCC/C=C\[C@]3(CC)O[C@@]23C=CCN(C(C)(C)CC(C)(C)C)C(=O)C13. The number of hydrogen-bond acceptors (Lipinski definition) is 6. The molecular weight excluding hydrogens is 484 g/mol. The molecule has 4 aliphatic rings. The van der Waals surface area contributed by atoms with Crippen LogP contribution in [0.25, 0.3) is 0 Å². The van der Waals surface area contributed by atoms with Crippen molar-refractivity contribution in [3.05, 3.63) is 24.3 Å². The second-order valence-electron chi connectivity index (χ2n) is 13.2. The van der Waals surface area contributed by atoms with Crippen LogP contribution in [-0.4, -0.2) is 81.3 Å². The zero-order valence-electron chi connectivity index (χ0n) is 24.2. The van der Waals surface area contributed by atoms with Crippen LogP contribution in [0.4, 0.5) is 0 Å². The Bertz CT molecular complexity index is 1010. The lowest BCUT2D eigenvalue weighted by molar-refractivity contribution is -0.164. The molecule has 2 amide bonds. The van der Waals surface area contributed by atoms with Crippen LogP contribution in [0.2, 0.25) is 0 Å². The van der Waals surface area contributed by atoms with Crippen molar-refractivity contribution >= 4 is 17.8 Å². The highest BCUT2D eigenvalue weighted by atomic mass is 16.6. The normalized spacial score (nSPS) is 35.5. The molecule has 1 spiro atoms. The van der Waals surface area contributed by atoms with Gasteiger partial charge in [0.1, 0.15) is 23.2 Å². The van der Waals surface area contributed by atoms with Crippen LogP contribution in [0.5, 0.6) is 0 Å². The number of aliphatic hydroxyl groups is 1. The van der Waals surface area contributed by atoms with Gasteiger partial charge in [0.15, 0.2) is 0 Å². The summed E-state index contributed by atoms with van der Waals surface area (Å²) in [6.07, 6.45) is 10.9. The summed E-state index contributed by atoms with van der Waals surface area (Å²) in [7, 11) is 0. The zero-order valence-corrected chi connectivity index (χ0v) is 24.2. The van der Waals surface area contributed by atoms with Crippen molar-refractivity contribution in [3.8, 4) is 0 Å². The van der Waals surface area contributed by atoms with Gasteiger partial charge >= 0.3 is 5.97 Å². The predicted molar refractivity (Wildman–Crippen MR) is 144 cm³/mol. The molecule has 0 bridgehead atoms. The van der Waals surface area contributed by atoms with Crippen LogP contribution >= 0.6 is 0 Å². The van der Waals surface area contributed by atoms with Gasteiger partial charge in [-0.05, 0) is 51.4 Å². The third-order valence-electron chi connectivity index (χ3n) is 8.84. The molecule has 4 rings (SSSR count). The first-order valence-electron chi connectivity index (χ1n) is 14.3. The smallest absolute Gasteiger partial charge is 0.313 e. The average molecular weight is 531 g/mol. The fraction of sp³-hybridized carbons (Fsp3) is 0.767. The number of rotatable bonds is 6. The number of likely N-dealkylation sites (tertiary alicyclic amines) is 1. The minimum atomic E-state index is -1.34. The van der Waals surface area contributed by atoms with Gasteiger partial charge in [-0.3, -0.25) is 14.4 Å². The van der Waals surface area contributed by atoms with E-state index >= 15 is 0 Å². The van der Waals surface area contributed by atoms with Gasteiger partial charge in [0.2, 0.25) is 11.8 Å². The number of carbonyl (C=O) groups excluding carboxylic acids is 3. The monoisotopic (exact) mass is 530 g/mol. The molecule has 8 heteroatoms. The Balaban J connectivity index is 1.91. The number of cyclic esters (lactones) is 1. The summed E-state index contributed by atoms with van der Waals surface area (Å²) < 4.78 is 12.6. The second kappa shape index (κ2) is 10.1. The van der Waals surface area contributed by atoms with Gasteiger partial charge in [0.05, 0.1) is 25.2 Å². The highest BCUT2D eigenvalue weighted by molar-refractivity contribution is 5.99. The molecule has 1 unspecified atom stereocenters. The van der Waals surface area contributed by atoms with E-state index in [2.05, 4.69) is 34.6 Å². The number of carbonyl (C=O) groups is 3. The van der Waals surface area contributed by atoms with Crippen molar-refractivity contribution < 1.29 is 29.0 Å². The predicted octanol–water partition coefficient (Wildman–Crippen LogP) is 3.62. The fourth-order valence-corrected chi connectivity index (χ4v) is 7.56. The van der Waals surface area contributed by atoms with Crippen LogP contribution in [0.3, 0.4) is 0 Å². The zero-order chi connectivity index (χ0) is 28.1. The van der Waals surface area contributed by atoms with Gasteiger partial charge in [-0.2, -0.15) is 0 Å². The first kappa shape index (κ1) is 28.8. The van der Waals surface area contributed by atoms with Gasteiger partial charge in [-0.1, -0.05) is 58.9 Å². The molecule has 6 atom stereocenters. The molecular formula is C30H46N2O6. The van der Waals surface area contributed by atoms with E-state index in [0.29, 0.717) is 25.8 Å². The highest BCUT2D eigenvalue weighted by Gasteiger charge is 2.76. The quantitative estimate of drug-likeness (QED) is 0.416. The van der Waals surface area contributed by atoms with Gasteiger partial charge in [-0.25, -0.2) is 0 Å². The summed E-state index contributed by atoms with van der Waals surface area (Å²) in [5.41, 5.74) is -2.93. The number of aliphatic hydroxyl groups excluding tert-OH is 1. The van der Waals surface area contributed by atoms with E-state index in [1.807, 2.05) is 43.1 Å². The van der Waals surface area contributed by atoms with E-state index in [1.165, 1.54) is 4.90 Å². The highest BCUT2D eigenvalue weighted by Crippen LogP contribution is 2.59. The molecule has 38 heavy (non-hydrogen) atoms. The van der Waals surface area contributed by atoms with Crippen molar-refractivity contribution in [2.24, 2.45) is 17.3 Å². The molecule has 2 saturated heterocycles. The van der Waals surface area contributed by atoms with Crippen molar-refractivity contribution in [3.63, 3.8) is 0 Å². The Morgan fingerprint density at radius 1 is 1.05 bits per heavy atom. The minimum Gasteiger partial charge on any atom is -0.465 e.